The number of unbranched alkanes of at least 4 members (excludes halogenated alkanes) is 10. The van der Waals surface area contributed by atoms with Crippen LogP contribution < -0.4 is 0 Å². The largest absolute Gasteiger partial charge is 0.507 e. The summed E-state index contributed by atoms with van der Waals surface area (Å²) in [6.45, 7) is 8.68. The molecule has 0 heterocycles. The molecule has 1 heteroatoms. The summed E-state index contributed by atoms with van der Waals surface area (Å²) in [6, 6.07) is 4.27. The molecule has 0 aliphatic carbocycles. The number of phenols is 1. The first-order chi connectivity index (χ1) is 12.1. The first kappa shape index (κ1) is 22.1. The third-order valence-corrected chi connectivity index (χ3v) is 5.56. The highest BCUT2D eigenvalue weighted by Crippen LogP contribution is 2.35. The Hall–Kier alpha value is -0.980. The Labute approximate surface area is 157 Å². The monoisotopic (exact) mass is 346 g/mol. The molecule has 0 bridgehead atoms. The van der Waals surface area contributed by atoms with Crippen LogP contribution in [0, 0.1) is 13.8 Å². The highest BCUT2D eigenvalue weighted by molar-refractivity contribution is 5.44. The van der Waals surface area contributed by atoms with Gasteiger partial charge in [0.2, 0.25) is 0 Å². The molecule has 0 saturated heterocycles. The molecule has 1 aromatic rings. The second kappa shape index (κ2) is 13.3. The van der Waals surface area contributed by atoms with E-state index < -0.39 is 0 Å². The molecule has 1 aromatic carbocycles. The molecule has 0 amide bonds. The molecule has 1 nitrogen and oxygen atoms in total. The van der Waals surface area contributed by atoms with Crippen LogP contribution in [0.4, 0.5) is 0 Å². The topological polar surface area (TPSA) is 20.2 Å². The van der Waals surface area contributed by atoms with Gasteiger partial charge in [0, 0.05) is 0 Å². The normalized spacial score (nSPS) is 12.5. The maximum atomic E-state index is 10.4. The van der Waals surface area contributed by atoms with Crippen LogP contribution in [0.2, 0.25) is 0 Å². The summed E-state index contributed by atoms with van der Waals surface area (Å²) in [4.78, 5) is 0. The lowest BCUT2D eigenvalue weighted by Crippen LogP contribution is -2.00. The van der Waals surface area contributed by atoms with Crippen molar-refractivity contribution in [3.05, 3.63) is 28.8 Å². The smallest absolute Gasteiger partial charge is 0.121 e. The molecule has 0 aliphatic rings. The van der Waals surface area contributed by atoms with Gasteiger partial charge in [-0.25, -0.2) is 0 Å². The van der Waals surface area contributed by atoms with E-state index in [9.17, 15) is 5.11 Å². The van der Waals surface area contributed by atoms with Crippen molar-refractivity contribution in [1.29, 1.82) is 0 Å². The number of hydrogen-bond acceptors (Lipinski definition) is 1. The molecule has 0 aliphatic heterocycles. The highest BCUT2D eigenvalue weighted by Gasteiger charge is 2.15. The van der Waals surface area contributed by atoms with Gasteiger partial charge in [0.25, 0.3) is 0 Å². The zero-order valence-electron chi connectivity index (χ0n) is 17.4. The van der Waals surface area contributed by atoms with E-state index in [1.165, 1.54) is 88.2 Å². The quantitative estimate of drug-likeness (QED) is 0.336. The Kier molecular flexibility index (Phi) is 11.7. The zero-order valence-corrected chi connectivity index (χ0v) is 17.4. The second-order valence-corrected chi connectivity index (χ2v) is 7.95. The van der Waals surface area contributed by atoms with Gasteiger partial charge in [-0.05, 0) is 43.7 Å². The Morgan fingerprint density at radius 2 is 1.28 bits per heavy atom. The fourth-order valence-corrected chi connectivity index (χ4v) is 3.94. The van der Waals surface area contributed by atoms with Crippen molar-refractivity contribution in [2.24, 2.45) is 0 Å². The van der Waals surface area contributed by atoms with Crippen molar-refractivity contribution >= 4 is 0 Å². The Morgan fingerprint density at radius 3 is 1.80 bits per heavy atom. The first-order valence-electron chi connectivity index (χ1n) is 10.9. The Balaban J connectivity index is 2.18. The molecule has 0 fully saturated rings. The average molecular weight is 347 g/mol. The van der Waals surface area contributed by atoms with Gasteiger partial charge in [-0.3, -0.25) is 0 Å². The first-order valence-corrected chi connectivity index (χ1v) is 10.9. The number of aromatic hydroxyl groups is 1. The van der Waals surface area contributed by atoms with Crippen LogP contribution in [0.15, 0.2) is 12.1 Å². The molecule has 25 heavy (non-hydrogen) atoms. The minimum atomic E-state index is 0.511. The SMILES string of the molecule is CCCCCCCCCCCCCC(CC)c1cc(C)cc(C)c1O. The lowest BCUT2D eigenvalue weighted by atomic mass is 9.88. The number of benzene rings is 1. The molecule has 1 rings (SSSR count). The maximum absolute atomic E-state index is 10.4. The van der Waals surface area contributed by atoms with Crippen molar-refractivity contribution in [3.8, 4) is 5.75 Å². The third kappa shape index (κ3) is 8.79. The standard InChI is InChI=1S/C24H42O/c1-5-7-8-9-10-11-12-13-14-15-16-17-22(6-2)23-19-20(3)18-21(4)24(23)25/h18-19,22,25H,5-17H2,1-4H3. The molecule has 0 aromatic heterocycles. The fourth-order valence-electron chi connectivity index (χ4n) is 3.94. The summed E-state index contributed by atoms with van der Waals surface area (Å²) in [5, 5.41) is 10.4. The summed E-state index contributed by atoms with van der Waals surface area (Å²) < 4.78 is 0. The van der Waals surface area contributed by atoms with E-state index in [0.29, 0.717) is 11.7 Å². The number of aryl methyl sites for hydroxylation is 2. The predicted octanol–water partition coefficient (Wildman–Crippen LogP) is 8.20. The van der Waals surface area contributed by atoms with Gasteiger partial charge < -0.3 is 5.11 Å². The van der Waals surface area contributed by atoms with E-state index in [4.69, 9.17) is 0 Å². The summed E-state index contributed by atoms with van der Waals surface area (Å²) in [5.41, 5.74) is 3.46. The van der Waals surface area contributed by atoms with E-state index >= 15 is 0 Å². The van der Waals surface area contributed by atoms with Gasteiger partial charge in [0.05, 0.1) is 0 Å². The molecule has 0 spiro atoms. The lowest BCUT2D eigenvalue weighted by Gasteiger charge is -2.19. The molecule has 0 saturated carbocycles. The van der Waals surface area contributed by atoms with Crippen LogP contribution in [0.25, 0.3) is 0 Å². The van der Waals surface area contributed by atoms with E-state index in [1.807, 2.05) is 6.92 Å². The summed E-state index contributed by atoms with van der Waals surface area (Å²) in [6.07, 6.45) is 17.7. The van der Waals surface area contributed by atoms with E-state index in [1.54, 1.807) is 0 Å². The second-order valence-electron chi connectivity index (χ2n) is 7.95. The molecule has 144 valence electrons. The highest BCUT2D eigenvalue weighted by atomic mass is 16.3. The zero-order chi connectivity index (χ0) is 18.5. The summed E-state index contributed by atoms with van der Waals surface area (Å²) in [5.74, 6) is 1.04. The molecule has 1 atom stereocenters. The van der Waals surface area contributed by atoms with Gasteiger partial charge >= 0.3 is 0 Å². The van der Waals surface area contributed by atoms with Gasteiger partial charge in [-0.15, -0.1) is 0 Å². The molecular formula is C24H42O. The van der Waals surface area contributed by atoms with Gasteiger partial charge in [0.15, 0.2) is 0 Å². The van der Waals surface area contributed by atoms with Gasteiger partial charge in [0.1, 0.15) is 5.75 Å². The van der Waals surface area contributed by atoms with E-state index in [0.717, 1.165) is 12.0 Å². The predicted molar refractivity (Wildman–Crippen MR) is 112 cm³/mol. The van der Waals surface area contributed by atoms with E-state index in [-0.39, 0.29) is 0 Å². The Morgan fingerprint density at radius 1 is 0.760 bits per heavy atom. The minimum Gasteiger partial charge on any atom is -0.507 e. The van der Waals surface area contributed by atoms with Crippen LogP contribution in [0.3, 0.4) is 0 Å². The Bertz CT molecular complexity index is 463. The molecular weight excluding hydrogens is 304 g/mol. The van der Waals surface area contributed by atoms with Crippen molar-refractivity contribution in [1.82, 2.24) is 0 Å². The summed E-state index contributed by atoms with van der Waals surface area (Å²) in [7, 11) is 0. The summed E-state index contributed by atoms with van der Waals surface area (Å²) >= 11 is 0. The molecule has 1 N–H and O–H groups in total. The van der Waals surface area contributed by atoms with Crippen molar-refractivity contribution < 1.29 is 5.11 Å². The minimum absolute atomic E-state index is 0.511. The van der Waals surface area contributed by atoms with Crippen LogP contribution >= 0.6 is 0 Å². The number of rotatable bonds is 14. The van der Waals surface area contributed by atoms with Gasteiger partial charge in [-0.2, -0.15) is 0 Å². The van der Waals surface area contributed by atoms with Gasteiger partial charge in [-0.1, -0.05) is 102 Å². The number of hydrogen-bond donors (Lipinski definition) is 1. The molecule has 1 unspecified atom stereocenters. The van der Waals surface area contributed by atoms with Crippen LogP contribution in [-0.2, 0) is 0 Å². The van der Waals surface area contributed by atoms with Crippen LogP contribution in [-0.4, -0.2) is 5.11 Å². The fraction of sp³-hybridized carbons (Fsp3) is 0.750. The van der Waals surface area contributed by atoms with Crippen LogP contribution in [0.1, 0.15) is 120 Å². The third-order valence-electron chi connectivity index (χ3n) is 5.56. The number of phenolic OH excluding ortho intramolecular Hbond substituents is 1. The van der Waals surface area contributed by atoms with Crippen molar-refractivity contribution in [2.75, 3.05) is 0 Å². The average Bonchev–Trinajstić information content (AvgIpc) is 2.59. The molecule has 0 radical (unpaired) electrons. The maximum Gasteiger partial charge on any atom is 0.121 e. The van der Waals surface area contributed by atoms with Crippen molar-refractivity contribution in [3.63, 3.8) is 0 Å². The van der Waals surface area contributed by atoms with E-state index in [2.05, 4.69) is 32.9 Å². The lowest BCUT2D eigenvalue weighted by molar-refractivity contribution is 0.445. The van der Waals surface area contributed by atoms with Crippen molar-refractivity contribution in [2.45, 2.75) is 117 Å². The van der Waals surface area contributed by atoms with Crippen LogP contribution in [0.5, 0.6) is 5.75 Å².